The lowest BCUT2D eigenvalue weighted by Crippen LogP contribution is -2.19. The van der Waals surface area contributed by atoms with Gasteiger partial charge in [-0.05, 0) is 45.2 Å². The van der Waals surface area contributed by atoms with Gasteiger partial charge in [0.15, 0.2) is 0 Å². The monoisotopic (exact) mass is 157 g/mol. The highest BCUT2D eigenvalue weighted by atomic mass is 14.8. The summed E-state index contributed by atoms with van der Waals surface area (Å²) in [5.74, 6) is 0. The molecule has 3 nitrogen and oxygen atoms in total. The van der Waals surface area contributed by atoms with Gasteiger partial charge in [0.25, 0.3) is 0 Å². The second-order valence-corrected chi connectivity index (χ2v) is 1.15. The fourth-order valence-corrected chi connectivity index (χ4v) is 0.224. The van der Waals surface area contributed by atoms with E-state index in [-0.39, 0.29) is 0 Å². The van der Waals surface area contributed by atoms with E-state index in [2.05, 4.69) is 0 Å². The Morgan fingerprint density at radius 2 is 2.00 bits per heavy atom. The lowest BCUT2D eigenvalue weighted by atomic mass is 10.3. The van der Waals surface area contributed by atoms with Crippen LogP contribution in [0, 0.1) is 0 Å². The van der Waals surface area contributed by atoms with Crippen LogP contribution in [0.25, 0.3) is 0 Å². The molecule has 0 rings (SSSR count). The predicted molar refractivity (Wildman–Crippen MR) is 44.8 cm³/mol. The lowest BCUT2D eigenvalue weighted by Gasteiger charge is -2.01. The van der Waals surface area contributed by atoms with Crippen LogP contribution in [0.1, 0.15) is 35.6 Å². The van der Waals surface area contributed by atoms with E-state index in [1.807, 2.05) is 0 Å². The van der Waals surface area contributed by atoms with Crippen LogP contribution in [-0.2, 0) is 0 Å². The first-order valence-electron chi connectivity index (χ1n) is 8.65. The quantitative estimate of drug-likeness (QED) is 0.474. The molecule has 0 amide bonds. The molecule has 5 N–H and O–H groups in total. The molecule has 2 atom stereocenters. The van der Waals surface area contributed by atoms with E-state index >= 15 is 0 Å². The molecule has 0 aromatic heterocycles. The van der Waals surface area contributed by atoms with Crippen molar-refractivity contribution in [3.05, 3.63) is 0 Å². The van der Waals surface area contributed by atoms with Crippen molar-refractivity contribution in [2.45, 2.75) is 19.1 Å². The second kappa shape index (κ2) is 8.88. The van der Waals surface area contributed by atoms with Crippen LogP contribution in [0.15, 0.2) is 0 Å². The first-order chi connectivity index (χ1) is 9.31. The van der Waals surface area contributed by atoms with Crippen molar-refractivity contribution in [1.82, 2.24) is 5.32 Å². The van der Waals surface area contributed by atoms with Crippen molar-refractivity contribution in [2.24, 2.45) is 11.5 Å². The Morgan fingerprint density at radius 3 is 2.60 bits per heavy atom. The predicted octanol–water partition coefficient (Wildman–Crippen LogP) is -0.336. The molecular weight excluding hydrogens is 126 g/mol. The Labute approximate surface area is 80.0 Å². The van der Waals surface area contributed by atoms with Gasteiger partial charge in [0, 0.05) is 16.4 Å². The van der Waals surface area contributed by atoms with E-state index in [9.17, 15) is 0 Å². The van der Waals surface area contributed by atoms with Crippen LogP contribution in [0.2, 0.25) is 0 Å². The van der Waals surface area contributed by atoms with Crippen molar-refractivity contribution in [2.75, 3.05) is 26.0 Å². The number of nitrogens with two attached hydrogens (primary N) is 2. The molecule has 62 valence electrons. The fourth-order valence-electron chi connectivity index (χ4n) is 0.224. The summed E-state index contributed by atoms with van der Waals surface area (Å²) >= 11 is 0. The summed E-state index contributed by atoms with van der Waals surface area (Å²) in [7, 11) is 0. The smallest absolute Gasteiger partial charge is 0.0428 e. The molecule has 0 aliphatic carbocycles. The molecule has 3 heteroatoms. The van der Waals surface area contributed by atoms with Crippen LogP contribution in [0.4, 0.5) is 0 Å². The standard InChI is InChI=1S/C7H19N3/c8-4-1-2-6-10-7-3-5-9/h10H,1-9H2/i1D2,2D2,3D,4D2,5D,6D2,7D2/t3-,5-/m0/s1. The first kappa shape index (κ1) is 1.79. The molecule has 0 aliphatic heterocycles. The SMILES string of the molecule is [2H][C@H](N)[C@H]([2H])C([2H])([2H])NC([2H])([2H])C([2H])([2H])C([2H])([2H])C([2H])([2H])N. The molecule has 0 aromatic rings. The van der Waals surface area contributed by atoms with Crippen molar-refractivity contribution in [3.63, 3.8) is 0 Å². The number of nitrogens with one attached hydrogen (secondary N) is 1. The maximum absolute atomic E-state index is 7.55. The highest BCUT2D eigenvalue weighted by Gasteiger charge is 1.85. The Kier molecular flexibility index (Phi) is 1.59. The third kappa shape index (κ3) is 7.88. The van der Waals surface area contributed by atoms with Crippen molar-refractivity contribution in [3.8, 4) is 0 Å². The topological polar surface area (TPSA) is 64.1 Å². The minimum Gasteiger partial charge on any atom is -0.330 e. The molecular formula is C7H19N3. The highest BCUT2D eigenvalue weighted by Crippen LogP contribution is 1.81. The van der Waals surface area contributed by atoms with Gasteiger partial charge in [-0.3, -0.25) is 0 Å². The summed E-state index contributed by atoms with van der Waals surface area (Å²) in [6, 6.07) is 0. The molecule has 10 heavy (non-hydrogen) atoms. The molecule has 0 spiro atoms. The normalized spacial score (nSPS) is 41.4. The maximum Gasteiger partial charge on any atom is 0.0428 e. The third-order valence-electron chi connectivity index (χ3n) is 0.511. The van der Waals surface area contributed by atoms with Crippen LogP contribution in [0.5, 0.6) is 0 Å². The minimum atomic E-state index is -3.61. The van der Waals surface area contributed by atoms with Crippen molar-refractivity contribution < 1.29 is 16.4 Å². The first-order valence-corrected chi connectivity index (χ1v) is 2.49. The highest BCUT2D eigenvalue weighted by molar-refractivity contribution is 4.49. The molecule has 0 heterocycles. The van der Waals surface area contributed by atoms with Gasteiger partial charge in [0.05, 0.1) is 0 Å². The summed E-state index contributed by atoms with van der Waals surface area (Å²) in [4.78, 5) is 0. The average molecular weight is 157 g/mol. The molecule has 0 bridgehead atoms. The zero-order valence-electron chi connectivity index (χ0n) is 17.3. The van der Waals surface area contributed by atoms with Gasteiger partial charge < -0.3 is 16.8 Å². The summed E-state index contributed by atoms with van der Waals surface area (Å²) in [6.07, 6.45) is -9.15. The third-order valence-corrected chi connectivity index (χ3v) is 0.511. The van der Waals surface area contributed by atoms with Crippen LogP contribution >= 0.6 is 0 Å². The Morgan fingerprint density at radius 1 is 1.20 bits per heavy atom. The molecule has 0 saturated heterocycles. The van der Waals surface area contributed by atoms with Crippen molar-refractivity contribution >= 4 is 0 Å². The number of rotatable bonds is 7. The van der Waals surface area contributed by atoms with Gasteiger partial charge in [-0.25, -0.2) is 0 Å². The molecule has 0 aromatic carbocycles. The molecule has 0 fully saturated rings. The van der Waals surface area contributed by atoms with Gasteiger partial charge in [-0.2, -0.15) is 0 Å². The van der Waals surface area contributed by atoms with E-state index in [4.69, 9.17) is 27.9 Å². The molecule has 0 radical (unpaired) electrons. The van der Waals surface area contributed by atoms with E-state index in [1.54, 1.807) is 0 Å². The summed E-state index contributed by atoms with van der Waals surface area (Å²) in [5, 5.41) is 1.47. The van der Waals surface area contributed by atoms with Crippen LogP contribution < -0.4 is 16.8 Å². The minimum absolute atomic E-state index is 1.47. The summed E-state index contributed by atoms with van der Waals surface area (Å²) in [6.45, 7) is -11.5. The molecule has 0 saturated carbocycles. The van der Waals surface area contributed by atoms with Crippen LogP contribution in [-0.4, -0.2) is 26.0 Å². The second-order valence-electron chi connectivity index (χ2n) is 1.15. The van der Waals surface area contributed by atoms with Crippen LogP contribution in [0.3, 0.4) is 0 Å². The van der Waals surface area contributed by atoms with Gasteiger partial charge in [-0.15, -0.1) is 0 Å². The van der Waals surface area contributed by atoms with Gasteiger partial charge in [-0.1, -0.05) is 0 Å². The largest absolute Gasteiger partial charge is 0.330 e. The zero-order valence-corrected chi connectivity index (χ0v) is 5.31. The molecule has 0 aliphatic rings. The summed E-state index contributed by atoms with van der Waals surface area (Å²) < 4.78 is 88.6. The zero-order chi connectivity index (χ0) is 18.4. The Balaban J connectivity index is 5.65. The van der Waals surface area contributed by atoms with E-state index < -0.39 is 45.2 Å². The van der Waals surface area contributed by atoms with Crippen molar-refractivity contribution in [1.29, 1.82) is 0 Å². The number of hydrogen-bond donors (Lipinski definition) is 3. The average Bonchev–Trinajstić information content (AvgIpc) is 2.24. The fraction of sp³-hybridized carbons (Fsp3) is 1.00. The van der Waals surface area contributed by atoms with Gasteiger partial charge in [0.2, 0.25) is 0 Å². The molecule has 0 unspecified atom stereocenters. The van der Waals surface area contributed by atoms with E-state index in [1.165, 1.54) is 5.32 Å². The Bertz CT molecular complexity index is 389. The Hall–Kier alpha value is -0.120. The number of hydrogen-bond acceptors (Lipinski definition) is 3. The maximum atomic E-state index is 7.55. The van der Waals surface area contributed by atoms with E-state index in [0.29, 0.717) is 0 Å². The summed E-state index contributed by atoms with van der Waals surface area (Å²) in [5.41, 5.74) is 9.94. The van der Waals surface area contributed by atoms with Gasteiger partial charge >= 0.3 is 0 Å². The van der Waals surface area contributed by atoms with Gasteiger partial charge in [0.1, 0.15) is 0 Å². The van der Waals surface area contributed by atoms with E-state index in [0.717, 1.165) is 0 Å². The lowest BCUT2D eigenvalue weighted by molar-refractivity contribution is 0.611.